The van der Waals surface area contributed by atoms with E-state index in [1.165, 1.54) is 18.2 Å². The Kier molecular flexibility index (Phi) is 4.65. The number of hydrogen-bond donors (Lipinski definition) is 3. The molecule has 1 aromatic rings. The van der Waals surface area contributed by atoms with E-state index in [1.54, 1.807) is 19.9 Å². The molecule has 18 heavy (non-hydrogen) atoms. The summed E-state index contributed by atoms with van der Waals surface area (Å²) in [5, 5.41) is 4.87. The van der Waals surface area contributed by atoms with Gasteiger partial charge >= 0.3 is 6.03 Å². The van der Waals surface area contributed by atoms with Crippen LogP contribution in [0.15, 0.2) is 24.3 Å². The minimum atomic E-state index is -0.775. The number of urea groups is 1. The van der Waals surface area contributed by atoms with Crippen LogP contribution in [0, 0.1) is 11.7 Å². The van der Waals surface area contributed by atoms with Gasteiger partial charge in [0.05, 0.1) is 0 Å². The molecule has 0 saturated carbocycles. The minimum Gasteiger partial charge on any atom is -0.352 e. The zero-order valence-electron chi connectivity index (χ0n) is 10.2. The molecule has 0 heterocycles. The maximum absolute atomic E-state index is 12.9. The number of halogens is 1. The van der Waals surface area contributed by atoms with Crippen LogP contribution < -0.4 is 16.4 Å². The zero-order chi connectivity index (χ0) is 13.7. The van der Waals surface area contributed by atoms with Crippen LogP contribution in [0.4, 0.5) is 14.9 Å². The Morgan fingerprint density at radius 1 is 1.33 bits per heavy atom. The third kappa shape index (κ3) is 4.04. The van der Waals surface area contributed by atoms with Crippen LogP contribution in [0.2, 0.25) is 0 Å². The Morgan fingerprint density at radius 3 is 2.50 bits per heavy atom. The van der Waals surface area contributed by atoms with Gasteiger partial charge in [-0.1, -0.05) is 19.9 Å². The summed E-state index contributed by atoms with van der Waals surface area (Å²) in [5.41, 5.74) is 5.33. The largest absolute Gasteiger partial charge is 0.352 e. The molecule has 3 amide bonds. The zero-order valence-corrected chi connectivity index (χ0v) is 10.2. The molecule has 4 N–H and O–H groups in total. The Labute approximate surface area is 105 Å². The Hall–Kier alpha value is -2.11. The first-order chi connectivity index (χ1) is 8.40. The lowest BCUT2D eigenvalue weighted by atomic mass is 10.0. The van der Waals surface area contributed by atoms with Gasteiger partial charge in [0.1, 0.15) is 11.9 Å². The smallest absolute Gasteiger partial charge is 0.312 e. The molecule has 5 nitrogen and oxygen atoms in total. The normalized spacial score (nSPS) is 12.0. The van der Waals surface area contributed by atoms with Crippen molar-refractivity contribution in [2.75, 3.05) is 5.32 Å². The highest BCUT2D eigenvalue weighted by Gasteiger charge is 2.23. The fourth-order valence-corrected chi connectivity index (χ4v) is 1.47. The van der Waals surface area contributed by atoms with Gasteiger partial charge in [0.2, 0.25) is 5.91 Å². The number of benzene rings is 1. The van der Waals surface area contributed by atoms with E-state index in [9.17, 15) is 14.0 Å². The molecule has 0 spiro atoms. The summed E-state index contributed by atoms with van der Waals surface area (Å²) in [5.74, 6) is -1.02. The van der Waals surface area contributed by atoms with Crippen LogP contribution in [0.1, 0.15) is 13.8 Å². The summed E-state index contributed by atoms with van der Waals surface area (Å²) in [6, 6.07) is 3.98. The number of hydrogen-bond acceptors (Lipinski definition) is 2. The lowest BCUT2D eigenvalue weighted by molar-refractivity contribution is -0.118. The first-order valence-electron chi connectivity index (χ1n) is 5.52. The van der Waals surface area contributed by atoms with Crippen molar-refractivity contribution in [1.29, 1.82) is 0 Å². The van der Waals surface area contributed by atoms with Gasteiger partial charge in [0.15, 0.2) is 0 Å². The van der Waals surface area contributed by atoms with Gasteiger partial charge < -0.3 is 16.4 Å². The van der Waals surface area contributed by atoms with Crippen molar-refractivity contribution in [3.05, 3.63) is 30.1 Å². The van der Waals surface area contributed by atoms with Crippen molar-refractivity contribution < 1.29 is 14.0 Å². The third-order valence-electron chi connectivity index (χ3n) is 2.34. The van der Waals surface area contributed by atoms with Crippen molar-refractivity contribution in [1.82, 2.24) is 5.32 Å². The van der Waals surface area contributed by atoms with Crippen molar-refractivity contribution >= 4 is 17.6 Å². The highest BCUT2D eigenvalue weighted by atomic mass is 19.1. The van der Waals surface area contributed by atoms with Gasteiger partial charge in [-0.25, -0.2) is 9.18 Å². The fraction of sp³-hybridized carbons (Fsp3) is 0.333. The van der Waals surface area contributed by atoms with Gasteiger partial charge in [0, 0.05) is 5.69 Å². The Bertz CT molecular complexity index is 449. The van der Waals surface area contributed by atoms with Crippen molar-refractivity contribution in [2.45, 2.75) is 19.9 Å². The SMILES string of the molecule is CC(C)[C@@H](NC(N)=O)C(=O)Nc1cccc(F)c1. The second-order valence-corrected chi connectivity index (χ2v) is 4.23. The molecule has 0 radical (unpaired) electrons. The Morgan fingerprint density at radius 2 is 2.00 bits per heavy atom. The Balaban J connectivity index is 2.75. The van der Waals surface area contributed by atoms with E-state index in [2.05, 4.69) is 10.6 Å². The van der Waals surface area contributed by atoms with E-state index < -0.39 is 23.8 Å². The summed E-state index contributed by atoms with van der Waals surface area (Å²) >= 11 is 0. The van der Waals surface area contributed by atoms with Crippen LogP contribution in [-0.2, 0) is 4.79 Å². The van der Waals surface area contributed by atoms with E-state index >= 15 is 0 Å². The number of rotatable bonds is 4. The van der Waals surface area contributed by atoms with Crippen LogP contribution in [0.25, 0.3) is 0 Å². The molecule has 1 atom stereocenters. The lowest BCUT2D eigenvalue weighted by Gasteiger charge is -2.20. The number of carbonyl (C=O) groups is 2. The molecule has 1 rings (SSSR count). The maximum atomic E-state index is 12.9. The van der Waals surface area contributed by atoms with Crippen LogP contribution in [0.5, 0.6) is 0 Å². The van der Waals surface area contributed by atoms with Gasteiger partial charge in [-0.15, -0.1) is 0 Å². The molecule has 0 aromatic heterocycles. The fourth-order valence-electron chi connectivity index (χ4n) is 1.47. The maximum Gasteiger partial charge on any atom is 0.312 e. The monoisotopic (exact) mass is 253 g/mol. The number of primary amides is 1. The molecule has 0 saturated heterocycles. The molecular formula is C12H16FN3O2. The molecule has 0 fully saturated rings. The van der Waals surface area contributed by atoms with Crippen LogP contribution in [0.3, 0.4) is 0 Å². The van der Waals surface area contributed by atoms with Gasteiger partial charge in [-0.05, 0) is 24.1 Å². The average Bonchev–Trinajstić information content (AvgIpc) is 2.25. The van der Waals surface area contributed by atoms with Gasteiger partial charge in [0.25, 0.3) is 0 Å². The quantitative estimate of drug-likeness (QED) is 0.759. The standard InChI is InChI=1S/C12H16FN3O2/c1-7(2)10(16-12(14)18)11(17)15-9-5-3-4-8(13)6-9/h3-7,10H,1-2H3,(H,15,17)(H3,14,16,18)/t10-/m1/s1. The minimum absolute atomic E-state index is 0.133. The number of anilines is 1. The average molecular weight is 253 g/mol. The summed E-state index contributed by atoms with van der Waals surface area (Å²) < 4.78 is 12.9. The number of nitrogens with one attached hydrogen (secondary N) is 2. The third-order valence-corrected chi connectivity index (χ3v) is 2.34. The predicted molar refractivity (Wildman–Crippen MR) is 66.4 cm³/mol. The summed E-state index contributed by atoms with van der Waals surface area (Å²) in [7, 11) is 0. The molecule has 0 aliphatic heterocycles. The molecule has 0 aliphatic rings. The molecule has 0 unspecified atom stereocenters. The molecular weight excluding hydrogens is 237 g/mol. The van der Waals surface area contributed by atoms with E-state index in [0.717, 1.165) is 0 Å². The topological polar surface area (TPSA) is 84.2 Å². The summed E-state index contributed by atoms with van der Waals surface area (Å²) in [6.45, 7) is 3.54. The second kappa shape index (κ2) is 6.00. The van der Waals surface area contributed by atoms with Gasteiger partial charge in [-0.2, -0.15) is 0 Å². The molecule has 0 bridgehead atoms. The molecule has 0 aliphatic carbocycles. The van der Waals surface area contributed by atoms with Crippen molar-refractivity contribution in [3.8, 4) is 0 Å². The number of nitrogens with two attached hydrogens (primary N) is 1. The van der Waals surface area contributed by atoms with Gasteiger partial charge in [-0.3, -0.25) is 4.79 Å². The molecule has 98 valence electrons. The second-order valence-electron chi connectivity index (χ2n) is 4.23. The van der Waals surface area contributed by atoms with Crippen LogP contribution >= 0.6 is 0 Å². The number of amides is 3. The predicted octanol–water partition coefficient (Wildman–Crippen LogP) is 1.46. The molecule has 6 heteroatoms. The summed E-state index contributed by atoms with van der Waals surface area (Å²) in [4.78, 5) is 22.7. The number of carbonyl (C=O) groups excluding carboxylic acids is 2. The van der Waals surface area contributed by atoms with Crippen molar-refractivity contribution in [3.63, 3.8) is 0 Å². The first kappa shape index (κ1) is 14.0. The first-order valence-corrected chi connectivity index (χ1v) is 5.52. The van der Waals surface area contributed by atoms with Crippen molar-refractivity contribution in [2.24, 2.45) is 11.7 Å². The lowest BCUT2D eigenvalue weighted by Crippen LogP contribution is -2.49. The van der Waals surface area contributed by atoms with E-state index in [4.69, 9.17) is 5.73 Å². The summed E-state index contributed by atoms with van der Waals surface area (Å²) in [6.07, 6.45) is 0. The molecule has 1 aromatic carbocycles. The highest BCUT2D eigenvalue weighted by Crippen LogP contribution is 2.11. The van der Waals surface area contributed by atoms with Crippen LogP contribution in [-0.4, -0.2) is 18.0 Å². The van der Waals surface area contributed by atoms with E-state index in [0.29, 0.717) is 5.69 Å². The van der Waals surface area contributed by atoms with E-state index in [-0.39, 0.29) is 5.92 Å². The highest BCUT2D eigenvalue weighted by molar-refractivity contribution is 5.97. The van der Waals surface area contributed by atoms with E-state index in [1.807, 2.05) is 0 Å².